The van der Waals surface area contributed by atoms with Crippen LogP contribution in [0.4, 0.5) is 5.69 Å². The Hall–Kier alpha value is -1.48. The van der Waals surface area contributed by atoms with Gasteiger partial charge in [0.25, 0.3) is 0 Å². The van der Waals surface area contributed by atoms with Gasteiger partial charge in [-0.2, -0.15) is 0 Å². The number of hydrogen-bond donors (Lipinski definition) is 1. The van der Waals surface area contributed by atoms with Crippen molar-refractivity contribution < 1.29 is 0 Å². The Morgan fingerprint density at radius 2 is 1.89 bits per heavy atom. The van der Waals surface area contributed by atoms with E-state index in [1.54, 1.807) is 0 Å². The second-order valence-electron chi connectivity index (χ2n) is 5.90. The first-order valence-electron chi connectivity index (χ1n) is 7.25. The molecule has 0 radical (unpaired) electrons. The summed E-state index contributed by atoms with van der Waals surface area (Å²) in [5.41, 5.74) is 8.06. The van der Waals surface area contributed by atoms with Crippen LogP contribution in [0.2, 0.25) is 0 Å². The summed E-state index contributed by atoms with van der Waals surface area (Å²) in [6, 6.07) is 9.68. The Bertz CT molecular complexity index is 562. The molecule has 1 aliphatic rings. The normalized spacial score (nSPS) is 18.5. The summed E-state index contributed by atoms with van der Waals surface area (Å²) < 4.78 is 2.42. The average molecular weight is 257 g/mol. The van der Waals surface area contributed by atoms with Crippen LogP contribution in [-0.4, -0.2) is 28.6 Å². The molecule has 0 saturated carbocycles. The number of hydrogen-bond acceptors (Lipinski definition) is 2. The molecular formula is C16H23N3. The van der Waals surface area contributed by atoms with Crippen molar-refractivity contribution in [2.45, 2.75) is 38.8 Å². The summed E-state index contributed by atoms with van der Waals surface area (Å²) >= 11 is 0. The Morgan fingerprint density at radius 3 is 2.58 bits per heavy atom. The van der Waals surface area contributed by atoms with Gasteiger partial charge in [0.05, 0.1) is 5.52 Å². The number of benzene rings is 1. The lowest BCUT2D eigenvalue weighted by molar-refractivity contribution is 0.153. The number of anilines is 1. The Morgan fingerprint density at radius 1 is 1.16 bits per heavy atom. The molecule has 0 spiro atoms. The first kappa shape index (κ1) is 12.5. The first-order valence-corrected chi connectivity index (χ1v) is 7.25. The van der Waals surface area contributed by atoms with Gasteiger partial charge in [0.1, 0.15) is 0 Å². The molecule has 1 fully saturated rings. The van der Waals surface area contributed by atoms with Gasteiger partial charge in [-0.3, -0.25) is 0 Å². The van der Waals surface area contributed by atoms with Gasteiger partial charge in [-0.25, -0.2) is 0 Å². The van der Waals surface area contributed by atoms with Crippen LogP contribution in [0.25, 0.3) is 10.9 Å². The van der Waals surface area contributed by atoms with Crippen LogP contribution in [0.3, 0.4) is 0 Å². The number of nitrogens with two attached hydrogens (primary N) is 1. The van der Waals surface area contributed by atoms with Crippen molar-refractivity contribution in [3.05, 3.63) is 30.5 Å². The molecule has 2 N–H and O–H groups in total. The van der Waals surface area contributed by atoms with E-state index < -0.39 is 0 Å². The van der Waals surface area contributed by atoms with Crippen LogP contribution >= 0.6 is 0 Å². The molecule has 1 aliphatic heterocycles. The van der Waals surface area contributed by atoms with Crippen molar-refractivity contribution in [2.75, 3.05) is 18.8 Å². The zero-order chi connectivity index (χ0) is 13.4. The molecule has 1 aromatic heterocycles. The molecule has 0 aliphatic carbocycles. The highest BCUT2D eigenvalue weighted by Crippen LogP contribution is 2.29. The minimum atomic E-state index is 0.620. The van der Waals surface area contributed by atoms with Gasteiger partial charge in [-0.15, -0.1) is 0 Å². The summed E-state index contributed by atoms with van der Waals surface area (Å²) in [5.74, 6) is 0. The van der Waals surface area contributed by atoms with E-state index >= 15 is 0 Å². The van der Waals surface area contributed by atoms with E-state index in [0.717, 1.165) is 5.69 Å². The predicted octanol–water partition coefficient (Wildman–Crippen LogP) is 3.27. The second kappa shape index (κ2) is 4.89. The molecule has 19 heavy (non-hydrogen) atoms. The minimum Gasteiger partial charge on any atom is -0.399 e. The first-order chi connectivity index (χ1) is 9.15. The largest absolute Gasteiger partial charge is 0.399 e. The van der Waals surface area contributed by atoms with Gasteiger partial charge in [-0.1, -0.05) is 6.07 Å². The molecule has 1 aromatic carbocycles. The highest BCUT2D eigenvalue weighted by molar-refractivity contribution is 5.83. The van der Waals surface area contributed by atoms with E-state index in [-0.39, 0.29) is 0 Å². The van der Waals surface area contributed by atoms with Gasteiger partial charge in [0, 0.05) is 37.1 Å². The van der Waals surface area contributed by atoms with Crippen LogP contribution in [0.15, 0.2) is 30.5 Å². The SMILES string of the molecule is CC(C)N1CCC(n2ccc3ccc(N)cc32)CC1. The lowest BCUT2D eigenvalue weighted by Gasteiger charge is -2.35. The van der Waals surface area contributed by atoms with E-state index in [0.29, 0.717) is 12.1 Å². The predicted molar refractivity (Wildman–Crippen MR) is 81.3 cm³/mol. The highest BCUT2D eigenvalue weighted by atomic mass is 15.2. The molecule has 2 heterocycles. The summed E-state index contributed by atoms with van der Waals surface area (Å²) in [5, 5.41) is 1.29. The summed E-state index contributed by atoms with van der Waals surface area (Å²) in [4.78, 5) is 2.57. The molecule has 3 rings (SSSR count). The van der Waals surface area contributed by atoms with Crippen molar-refractivity contribution in [1.82, 2.24) is 9.47 Å². The van der Waals surface area contributed by atoms with Crippen LogP contribution in [-0.2, 0) is 0 Å². The smallest absolute Gasteiger partial charge is 0.0503 e. The molecular weight excluding hydrogens is 234 g/mol. The van der Waals surface area contributed by atoms with Gasteiger partial charge in [0.2, 0.25) is 0 Å². The van der Waals surface area contributed by atoms with Crippen LogP contribution in [0.5, 0.6) is 0 Å². The molecule has 3 nitrogen and oxygen atoms in total. The molecule has 0 amide bonds. The zero-order valence-electron chi connectivity index (χ0n) is 11.8. The molecule has 3 heteroatoms. The van der Waals surface area contributed by atoms with Crippen molar-refractivity contribution in [3.8, 4) is 0 Å². The number of nitrogen functional groups attached to an aromatic ring is 1. The number of aromatic nitrogens is 1. The van der Waals surface area contributed by atoms with Crippen LogP contribution < -0.4 is 5.73 Å². The van der Waals surface area contributed by atoms with Crippen molar-refractivity contribution in [2.24, 2.45) is 0 Å². The van der Waals surface area contributed by atoms with E-state index in [1.807, 2.05) is 6.07 Å². The number of piperidine rings is 1. The van der Waals surface area contributed by atoms with Gasteiger partial charge >= 0.3 is 0 Å². The van der Waals surface area contributed by atoms with Crippen molar-refractivity contribution >= 4 is 16.6 Å². The minimum absolute atomic E-state index is 0.620. The summed E-state index contributed by atoms with van der Waals surface area (Å²) in [6.07, 6.45) is 4.69. The lowest BCUT2D eigenvalue weighted by Crippen LogP contribution is -2.38. The lowest BCUT2D eigenvalue weighted by atomic mass is 10.0. The quantitative estimate of drug-likeness (QED) is 0.838. The maximum Gasteiger partial charge on any atom is 0.0503 e. The monoisotopic (exact) mass is 257 g/mol. The number of nitrogens with zero attached hydrogens (tertiary/aromatic N) is 2. The average Bonchev–Trinajstić information content (AvgIpc) is 2.81. The number of fused-ring (bicyclic) bond motifs is 1. The van der Waals surface area contributed by atoms with Crippen LogP contribution in [0.1, 0.15) is 32.7 Å². The maximum atomic E-state index is 5.92. The molecule has 0 atom stereocenters. The topological polar surface area (TPSA) is 34.2 Å². The summed E-state index contributed by atoms with van der Waals surface area (Å²) in [6.45, 7) is 6.97. The second-order valence-corrected chi connectivity index (χ2v) is 5.90. The fraction of sp³-hybridized carbons (Fsp3) is 0.500. The third kappa shape index (κ3) is 2.35. The Balaban J connectivity index is 1.84. The molecule has 2 aromatic rings. The van der Waals surface area contributed by atoms with E-state index in [2.05, 4.69) is 47.7 Å². The van der Waals surface area contributed by atoms with Gasteiger partial charge < -0.3 is 15.2 Å². The fourth-order valence-electron chi connectivity index (χ4n) is 3.16. The Kier molecular flexibility index (Phi) is 3.23. The zero-order valence-corrected chi connectivity index (χ0v) is 11.8. The fourth-order valence-corrected chi connectivity index (χ4v) is 3.16. The van der Waals surface area contributed by atoms with Gasteiger partial charge in [0.15, 0.2) is 0 Å². The number of rotatable bonds is 2. The maximum absolute atomic E-state index is 5.92. The molecule has 0 bridgehead atoms. The third-order valence-electron chi connectivity index (χ3n) is 4.37. The van der Waals surface area contributed by atoms with Crippen molar-refractivity contribution in [3.63, 3.8) is 0 Å². The van der Waals surface area contributed by atoms with E-state index in [1.165, 1.54) is 36.8 Å². The molecule has 102 valence electrons. The Labute approximate surface area is 115 Å². The van der Waals surface area contributed by atoms with E-state index in [9.17, 15) is 0 Å². The van der Waals surface area contributed by atoms with E-state index in [4.69, 9.17) is 5.73 Å². The highest BCUT2D eigenvalue weighted by Gasteiger charge is 2.22. The van der Waals surface area contributed by atoms with Crippen LogP contribution in [0, 0.1) is 0 Å². The van der Waals surface area contributed by atoms with Crippen molar-refractivity contribution in [1.29, 1.82) is 0 Å². The molecule has 0 unspecified atom stereocenters. The summed E-state index contributed by atoms with van der Waals surface area (Å²) in [7, 11) is 0. The standard InChI is InChI=1S/C16H23N3/c1-12(2)18-8-6-15(7-9-18)19-10-5-13-3-4-14(17)11-16(13)19/h3-5,10-12,15H,6-9,17H2,1-2H3. The number of likely N-dealkylation sites (tertiary alicyclic amines) is 1. The van der Waals surface area contributed by atoms with Gasteiger partial charge in [-0.05, 0) is 50.3 Å². The molecule has 1 saturated heterocycles. The third-order valence-corrected chi connectivity index (χ3v) is 4.37.